The molecule has 0 heterocycles. The van der Waals surface area contributed by atoms with Gasteiger partial charge < -0.3 is 18.9 Å². The number of amides is 2. The second kappa shape index (κ2) is 14.8. The van der Waals surface area contributed by atoms with Crippen LogP contribution < -0.4 is 29.8 Å². The molecule has 0 unspecified atom stereocenters. The molecule has 0 spiro atoms. The van der Waals surface area contributed by atoms with E-state index in [9.17, 15) is 13.6 Å². The van der Waals surface area contributed by atoms with Crippen molar-refractivity contribution in [2.24, 2.45) is 10.2 Å². The maximum Gasteiger partial charge on any atom is 0.355 e. The van der Waals surface area contributed by atoms with Crippen molar-refractivity contribution in [3.05, 3.63) is 119 Å². The first-order valence-electron chi connectivity index (χ1n) is 12.7. The number of nitrogens with one attached hydrogen (secondary N) is 2. The number of halogens is 2. The summed E-state index contributed by atoms with van der Waals surface area (Å²) in [6.07, 6.45) is 2.87. The number of hydrogen-bond donors (Lipinski definition) is 2. The van der Waals surface area contributed by atoms with Gasteiger partial charge in [-0.25, -0.2) is 24.4 Å². The van der Waals surface area contributed by atoms with Crippen molar-refractivity contribution < 1.29 is 32.5 Å². The largest absolute Gasteiger partial charge is 0.493 e. The van der Waals surface area contributed by atoms with Crippen LogP contribution in [-0.4, -0.2) is 32.7 Å². The standard InChI is InChI=1S/C31H28F2N4O5/c1-39-29-15-23(7-13-27(29)41-19-21-3-9-25(32)10-4-21)17-34-36-31(38)37-35-18-24-8-14-28(30(16-24)40-2)42-20-22-5-11-26(33)12-6-22/h3-18H,19-20H2,1-2H3,(H2,36,37,38). The van der Waals surface area contributed by atoms with Crippen LogP contribution >= 0.6 is 0 Å². The van der Waals surface area contributed by atoms with E-state index < -0.39 is 6.03 Å². The zero-order chi connectivity index (χ0) is 29.7. The van der Waals surface area contributed by atoms with Gasteiger partial charge in [-0.1, -0.05) is 24.3 Å². The summed E-state index contributed by atoms with van der Waals surface area (Å²) < 4.78 is 48.5. The van der Waals surface area contributed by atoms with E-state index in [-0.39, 0.29) is 24.8 Å². The van der Waals surface area contributed by atoms with Crippen LogP contribution in [0.2, 0.25) is 0 Å². The molecule has 42 heavy (non-hydrogen) atoms. The van der Waals surface area contributed by atoms with E-state index >= 15 is 0 Å². The number of methoxy groups -OCH3 is 2. The lowest BCUT2D eigenvalue weighted by molar-refractivity contribution is 0.242. The Hall–Kier alpha value is -5.45. The third kappa shape index (κ3) is 8.78. The van der Waals surface area contributed by atoms with Crippen LogP contribution in [0.25, 0.3) is 0 Å². The highest BCUT2D eigenvalue weighted by molar-refractivity contribution is 5.84. The summed E-state index contributed by atoms with van der Waals surface area (Å²) in [4.78, 5) is 12.1. The number of nitrogens with zero attached hydrogens (tertiary/aromatic N) is 2. The maximum absolute atomic E-state index is 13.1. The number of rotatable bonds is 12. The van der Waals surface area contributed by atoms with Crippen molar-refractivity contribution in [1.29, 1.82) is 0 Å². The van der Waals surface area contributed by atoms with E-state index in [4.69, 9.17) is 18.9 Å². The Morgan fingerprint density at radius 2 is 1.05 bits per heavy atom. The highest BCUT2D eigenvalue weighted by Gasteiger charge is 2.08. The van der Waals surface area contributed by atoms with E-state index in [0.29, 0.717) is 34.1 Å². The molecular formula is C31H28F2N4O5. The van der Waals surface area contributed by atoms with Crippen molar-refractivity contribution in [3.8, 4) is 23.0 Å². The van der Waals surface area contributed by atoms with E-state index in [2.05, 4.69) is 21.1 Å². The second-order valence-electron chi connectivity index (χ2n) is 8.72. The highest BCUT2D eigenvalue weighted by atomic mass is 19.1. The minimum atomic E-state index is -0.653. The lowest BCUT2D eigenvalue weighted by atomic mass is 10.2. The quantitative estimate of drug-likeness (QED) is 0.164. The number of benzene rings is 4. The first-order valence-corrected chi connectivity index (χ1v) is 12.7. The molecule has 0 aliphatic heterocycles. The lowest BCUT2D eigenvalue weighted by Crippen LogP contribution is -2.28. The van der Waals surface area contributed by atoms with E-state index in [1.807, 2.05) is 0 Å². The van der Waals surface area contributed by atoms with Gasteiger partial charge in [0.05, 0.1) is 26.6 Å². The monoisotopic (exact) mass is 574 g/mol. The molecule has 2 amide bonds. The molecule has 4 rings (SSSR count). The predicted octanol–water partition coefficient (Wildman–Crippen LogP) is 5.81. The second-order valence-corrected chi connectivity index (χ2v) is 8.72. The Labute approximate surface area is 241 Å². The number of urea groups is 1. The molecule has 0 fully saturated rings. The first kappa shape index (κ1) is 29.5. The Morgan fingerprint density at radius 3 is 1.43 bits per heavy atom. The third-order valence-electron chi connectivity index (χ3n) is 5.75. The van der Waals surface area contributed by atoms with Crippen LogP contribution in [-0.2, 0) is 13.2 Å². The molecule has 11 heteroatoms. The van der Waals surface area contributed by atoms with Gasteiger partial charge in [-0.05, 0) is 82.9 Å². The highest BCUT2D eigenvalue weighted by Crippen LogP contribution is 2.29. The van der Waals surface area contributed by atoms with Crippen molar-refractivity contribution in [2.45, 2.75) is 13.2 Å². The van der Waals surface area contributed by atoms with Crippen LogP contribution in [0.4, 0.5) is 13.6 Å². The van der Waals surface area contributed by atoms with Crippen LogP contribution in [0, 0.1) is 11.6 Å². The van der Waals surface area contributed by atoms with Gasteiger partial charge in [-0.3, -0.25) is 0 Å². The Bertz CT molecular complexity index is 1430. The summed E-state index contributed by atoms with van der Waals surface area (Å²) in [6, 6.07) is 21.7. The molecule has 4 aromatic rings. The van der Waals surface area contributed by atoms with Gasteiger partial charge in [0.15, 0.2) is 23.0 Å². The fourth-order valence-electron chi connectivity index (χ4n) is 3.61. The van der Waals surface area contributed by atoms with E-state index in [1.54, 1.807) is 60.7 Å². The number of hydrazone groups is 2. The van der Waals surface area contributed by atoms with Crippen LogP contribution in [0.5, 0.6) is 23.0 Å². The Morgan fingerprint density at radius 1 is 0.643 bits per heavy atom. The molecule has 0 atom stereocenters. The van der Waals surface area contributed by atoms with E-state index in [1.165, 1.54) is 50.9 Å². The molecule has 0 aliphatic carbocycles. The SMILES string of the molecule is COc1cc(C=NNC(=O)NN=Cc2ccc(OCc3ccc(F)cc3)c(OC)c2)ccc1OCc1ccc(F)cc1. The topological polar surface area (TPSA) is 103 Å². The Kier molecular flexibility index (Phi) is 10.4. The van der Waals surface area contributed by atoms with Gasteiger partial charge in [-0.15, -0.1) is 0 Å². The van der Waals surface area contributed by atoms with E-state index in [0.717, 1.165) is 11.1 Å². The predicted molar refractivity (Wildman–Crippen MR) is 154 cm³/mol. The van der Waals surface area contributed by atoms with Crippen molar-refractivity contribution >= 4 is 18.5 Å². The number of ether oxygens (including phenoxy) is 4. The molecule has 0 aliphatic rings. The number of hydrogen-bond acceptors (Lipinski definition) is 7. The van der Waals surface area contributed by atoms with Crippen molar-refractivity contribution in [1.82, 2.24) is 10.9 Å². The first-order chi connectivity index (χ1) is 20.4. The minimum Gasteiger partial charge on any atom is -0.493 e. The minimum absolute atomic E-state index is 0.245. The number of carbonyl (C=O) groups excluding carboxylic acids is 1. The molecule has 4 aromatic carbocycles. The van der Waals surface area contributed by atoms with Crippen LogP contribution in [0.1, 0.15) is 22.3 Å². The van der Waals surface area contributed by atoms with Gasteiger partial charge in [0.1, 0.15) is 24.8 Å². The lowest BCUT2D eigenvalue weighted by Gasteiger charge is -2.11. The van der Waals surface area contributed by atoms with Gasteiger partial charge in [0.25, 0.3) is 0 Å². The van der Waals surface area contributed by atoms with Crippen LogP contribution in [0.15, 0.2) is 95.1 Å². The fourth-order valence-corrected chi connectivity index (χ4v) is 3.61. The van der Waals surface area contributed by atoms with Gasteiger partial charge in [0.2, 0.25) is 0 Å². The average molecular weight is 575 g/mol. The van der Waals surface area contributed by atoms with Crippen molar-refractivity contribution in [2.75, 3.05) is 14.2 Å². The molecule has 9 nitrogen and oxygen atoms in total. The van der Waals surface area contributed by atoms with Gasteiger partial charge in [0, 0.05) is 0 Å². The number of carbonyl (C=O) groups is 1. The fraction of sp³-hybridized carbons (Fsp3) is 0.129. The smallest absolute Gasteiger partial charge is 0.355 e. The van der Waals surface area contributed by atoms with Crippen LogP contribution in [0.3, 0.4) is 0 Å². The summed E-state index contributed by atoms with van der Waals surface area (Å²) in [5, 5.41) is 7.83. The summed E-state index contributed by atoms with van der Waals surface area (Å²) in [5.41, 5.74) is 7.57. The molecule has 0 aromatic heterocycles. The molecule has 0 bridgehead atoms. The summed E-state index contributed by atoms with van der Waals surface area (Å²) >= 11 is 0. The molecule has 0 saturated heterocycles. The summed E-state index contributed by atoms with van der Waals surface area (Å²) in [5.74, 6) is 1.32. The third-order valence-corrected chi connectivity index (χ3v) is 5.75. The molecule has 0 radical (unpaired) electrons. The molecule has 0 saturated carbocycles. The van der Waals surface area contributed by atoms with Gasteiger partial charge >= 0.3 is 6.03 Å². The molecule has 216 valence electrons. The zero-order valence-corrected chi connectivity index (χ0v) is 22.8. The maximum atomic E-state index is 13.1. The molecular weight excluding hydrogens is 546 g/mol. The average Bonchev–Trinajstić information content (AvgIpc) is 3.01. The Balaban J connectivity index is 1.25. The molecule has 2 N–H and O–H groups in total. The zero-order valence-electron chi connectivity index (χ0n) is 22.8. The summed E-state index contributed by atoms with van der Waals surface area (Å²) in [6.45, 7) is 0.489. The van der Waals surface area contributed by atoms with Gasteiger partial charge in [-0.2, -0.15) is 10.2 Å². The summed E-state index contributed by atoms with van der Waals surface area (Å²) in [7, 11) is 3.02. The normalized spacial score (nSPS) is 11.0. The van der Waals surface area contributed by atoms with Crippen molar-refractivity contribution in [3.63, 3.8) is 0 Å².